The molecule has 0 unspecified atom stereocenters. The van der Waals surface area contributed by atoms with Crippen molar-refractivity contribution in [1.82, 2.24) is 9.21 Å². The van der Waals surface area contributed by atoms with Crippen molar-refractivity contribution in [3.05, 3.63) is 24.2 Å². The number of furan rings is 1. The highest BCUT2D eigenvalue weighted by atomic mass is 32.2. The summed E-state index contributed by atoms with van der Waals surface area (Å²) in [5.41, 5.74) is 0. The zero-order chi connectivity index (χ0) is 12.5. The molecule has 0 aromatic carbocycles. The predicted octanol–water partition coefficient (Wildman–Crippen LogP) is -0.759. The van der Waals surface area contributed by atoms with E-state index >= 15 is 0 Å². The largest absolute Gasteiger partial charge is 0.459 e. The molecule has 0 radical (unpaired) electrons. The highest BCUT2D eigenvalue weighted by Crippen LogP contribution is 2.10. The molecule has 8 heteroatoms. The van der Waals surface area contributed by atoms with E-state index in [1.807, 2.05) is 0 Å². The van der Waals surface area contributed by atoms with Crippen molar-refractivity contribution >= 4 is 16.1 Å². The number of piperazine rings is 1. The van der Waals surface area contributed by atoms with Crippen molar-refractivity contribution in [2.24, 2.45) is 5.14 Å². The van der Waals surface area contributed by atoms with E-state index in [-0.39, 0.29) is 24.8 Å². The van der Waals surface area contributed by atoms with Gasteiger partial charge in [0.05, 0.1) is 6.26 Å². The molecule has 94 valence electrons. The molecule has 0 atom stereocenters. The van der Waals surface area contributed by atoms with E-state index in [0.717, 1.165) is 4.31 Å². The summed E-state index contributed by atoms with van der Waals surface area (Å²) in [4.78, 5) is 13.4. The van der Waals surface area contributed by atoms with Gasteiger partial charge in [-0.1, -0.05) is 0 Å². The minimum atomic E-state index is -3.66. The van der Waals surface area contributed by atoms with Crippen LogP contribution in [0, 0.1) is 0 Å². The number of carbonyl (C=O) groups is 1. The highest BCUT2D eigenvalue weighted by Gasteiger charge is 2.27. The van der Waals surface area contributed by atoms with Gasteiger partial charge in [-0.2, -0.15) is 12.7 Å². The number of carbonyl (C=O) groups excluding carboxylic acids is 1. The average Bonchev–Trinajstić information content (AvgIpc) is 2.80. The molecule has 1 saturated heterocycles. The van der Waals surface area contributed by atoms with Crippen LogP contribution in [0.15, 0.2) is 22.8 Å². The molecular formula is C9H13N3O4S. The summed E-state index contributed by atoms with van der Waals surface area (Å²) in [6.07, 6.45) is 1.42. The molecule has 0 spiro atoms. The molecule has 2 heterocycles. The molecular weight excluding hydrogens is 246 g/mol. The summed E-state index contributed by atoms with van der Waals surface area (Å²) in [6.45, 7) is 1.06. The minimum Gasteiger partial charge on any atom is -0.459 e. The second kappa shape index (κ2) is 4.47. The van der Waals surface area contributed by atoms with Crippen molar-refractivity contribution in [3.63, 3.8) is 0 Å². The molecule has 1 fully saturated rings. The molecule has 2 N–H and O–H groups in total. The van der Waals surface area contributed by atoms with Gasteiger partial charge in [0.1, 0.15) is 0 Å². The van der Waals surface area contributed by atoms with Crippen molar-refractivity contribution < 1.29 is 17.6 Å². The smallest absolute Gasteiger partial charge is 0.289 e. The number of nitrogens with two attached hydrogens (primary N) is 1. The number of hydrogen-bond donors (Lipinski definition) is 1. The predicted molar refractivity (Wildman–Crippen MR) is 59.3 cm³/mol. The lowest BCUT2D eigenvalue weighted by molar-refractivity contribution is 0.0666. The van der Waals surface area contributed by atoms with Crippen LogP contribution in [-0.4, -0.2) is 49.7 Å². The first kappa shape index (κ1) is 12.1. The quantitative estimate of drug-likeness (QED) is 0.755. The summed E-state index contributed by atoms with van der Waals surface area (Å²) in [5.74, 6) is 0.0260. The fraction of sp³-hybridized carbons (Fsp3) is 0.444. The van der Waals surface area contributed by atoms with E-state index in [1.165, 1.54) is 6.26 Å². The van der Waals surface area contributed by atoms with Gasteiger partial charge in [0, 0.05) is 26.2 Å². The number of amides is 1. The van der Waals surface area contributed by atoms with Gasteiger partial charge in [0.2, 0.25) is 0 Å². The highest BCUT2D eigenvalue weighted by molar-refractivity contribution is 7.86. The second-order valence-electron chi connectivity index (χ2n) is 3.71. The molecule has 0 saturated carbocycles. The van der Waals surface area contributed by atoms with Crippen molar-refractivity contribution in [1.29, 1.82) is 0 Å². The van der Waals surface area contributed by atoms with Crippen LogP contribution in [0.25, 0.3) is 0 Å². The van der Waals surface area contributed by atoms with Crippen LogP contribution >= 0.6 is 0 Å². The van der Waals surface area contributed by atoms with E-state index in [1.54, 1.807) is 17.0 Å². The molecule has 0 bridgehead atoms. The van der Waals surface area contributed by atoms with Crippen LogP contribution in [0.4, 0.5) is 0 Å². The molecule has 1 aromatic heterocycles. The normalized spacial score (nSPS) is 18.3. The van der Waals surface area contributed by atoms with Crippen LogP contribution in [0.1, 0.15) is 10.6 Å². The summed E-state index contributed by atoms with van der Waals surface area (Å²) < 4.78 is 28.3. The lowest BCUT2D eigenvalue weighted by Gasteiger charge is -2.32. The van der Waals surface area contributed by atoms with Crippen LogP contribution in [0.2, 0.25) is 0 Å². The molecule has 17 heavy (non-hydrogen) atoms. The summed E-state index contributed by atoms with van der Waals surface area (Å²) in [7, 11) is -3.66. The maximum atomic E-state index is 11.9. The molecule has 2 rings (SSSR count). The fourth-order valence-electron chi connectivity index (χ4n) is 1.70. The Balaban J connectivity index is 1.98. The Bertz CT molecular complexity index is 488. The standard InChI is InChI=1S/C9H13N3O4S/c10-17(14,15)12-5-3-11(4-6-12)9(13)8-2-1-7-16-8/h1-2,7H,3-6H2,(H2,10,14,15). The molecule has 1 amide bonds. The Morgan fingerprint density at radius 3 is 2.41 bits per heavy atom. The number of hydrogen-bond acceptors (Lipinski definition) is 4. The van der Waals surface area contributed by atoms with Crippen molar-refractivity contribution in [2.75, 3.05) is 26.2 Å². The van der Waals surface area contributed by atoms with Gasteiger partial charge in [-0.15, -0.1) is 0 Å². The Kier molecular flexibility index (Phi) is 3.18. The van der Waals surface area contributed by atoms with Gasteiger partial charge in [-0.05, 0) is 12.1 Å². The third kappa shape index (κ3) is 2.65. The SMILES string of the molecule is NS(=O)(=O)N1CCN(C(=O)c2ccco2)CC1. The summed E-state index contributed by atoms with van der Waals surface area (Å²) in [5, 5.41) is 5.00. The van der Waals surface area contributed by atoms with Gasteiger partial charge in [0.25, 0.3) is 16.1 Å². The topological polar surface area (TPSA) is 96.9 Å². The third-order valence-electron chi connectivity index (χ3n) is 2.62. The zero-order valence-electron chi connectivity index (χ0n) is 9.07. The van der Waals surface area contributed by atoms with E-state index in [4.69, 9.17) is 9.56 Å². The lowest BCUT2D eigenvalue weighted by atomic mass is 10.3. The van der Waals surface area contributed by atoms with Crippen LogP contribution in [0.3, 0.4) is 0 Å². The molecule has 1 aliphatic heterocycles. The van der Waals surface area contributed by atoms with Gasteiger partial charge in [-0.25, -0.2) is 5.14 Å². The van der Waals surface area contributed by atoms with Crippen molar-refractivity contribution in [2.45, 2.75) is 0 Å². The maximum Gasteiger partial charge on any atom is 0.289 e. The van der Waals surface area contributed by atoms with Gasteiger partial charge in [-0.3, -0.25) is 4.79 Å². The molecule has 0 aliphatic carbocycles. The van der Waals surface area contributed by atoms with Crippen LogP contribution < -0.4 is 5.14 Å². The molecule has 7 nitrogen and oxygen atoms in total. The molecule has 1 aromatic rings. The monoisotopic (exact) mass is 259 g/mol. The first-order valence-corrected chi connectivity index (χ1v) is 6.59. The first-order chi connectivity index (χ1) is 7.98. The Hall–Kier alpha value is -1.38. The summed E-state index contributed by atoms with van der Waals surface area (Å²) >= 11 is 0. The van der Waals surface area contributed by atoms with Crippen LogP contribution in [0.5, 0.6) is 0 Å². The lowest BCUT2D eigenvalue weighted by Crippen LogP contribution is -2.52. The van der Waals surface area contributed by atoms with E-state index < -0.39 is 10.2 Å². The fourth-order valence-corrected chi connectivity index (χ4v) is 2.37. The average molecular weight is 259 g/mol. The Labute approximate surface area is 99.0 Å². The van der Waals surface area contributed by atoms with E-state index in [9.17, 15) is 13.2 Å². The van der Waals surface area contributed by atoms with Gasteiger partial charge < -0.3 is 9.32 Å². The maximum absolute atomic E-state index is 11.9. The first-order valence-electron chi connectivity index (χ1n) is 5.09. The van der Waals surface area contributed by atoms with Gasteiger partial charge >= 0.3 is 0 Å². The Morgan fingerprint density at radius 2 is 1.94 bits per heavy atom. The van der Waals surface area contributed by atoms with E-state index in [2.05, 4.69) is 0 Å². The number of nitrogens with zero attached hydrogens (tertiary/aromatic N) is 2. The second-order valence-corrected chi connectivity index (χ2v) is 5.26. The third-order valence-corrected chi connectivity index (χ3v) is 3.70. The summed E-state index contributed by atoms with van der Waals surface area (Å²) in [6, 6.07) is 3.21. The van der Waals surface area contributed by atoms with Crippen LogP contribution in [-0.2, 0) is 10.2 Å². The van der Waals surface area contributed by atoms with Crippen molar-refractivity contribution in [3.8, 4) is 0 Å². The number of rotatable bonds is 2. The zero-order valence-corrected chi connectivity index (χ0v) is 9.89. The Morgan fingerprint density at radius 1 is 1.29 bits per heavy atom. The van der Waals surface area contributed by atoms with E-state index in [0.29, 0.717) is 13.1 Å². The minimum absolute atomic E-state index is 0.214. The molecule has 1 aliphatic rings. The van der Waals surface area contributed by atoms with Gasteiger partial charge in [0.15, 0.2) is 5.76 Å².